The second-order valence-electron chi connectivity index (χ2n) is 8.47. The molecular weight excluding hydrogens is 364 g/mol. The first-order valence-corrected chi connectivity index (χ1v) is 11.7. The van der Waals surface area contributed by atoms with Crippen LogP contribution in [0.25, 0.3) is 0 Å². The van der Waals surface area contributed by atoms with Crippen LogP contribution in [0.2, 0.25) is 0 Å². The molecule has 0 radical (unpaired) electrons. The van der Waals surface area contributed by atoms with Gasteiger partial charge in [-0.25, -0.2) is 0 Å². The molecule has 0 atom stereocenters. The van der Waals surface area contributed by atoms with Gasteiger partial charge in [0.05, 0.1) is 24.7 Å². The summed E-state index contributed by atoms with van der Waals surface area (Å²) in [7, 11) is 0. The van der Waals surface area contributed by atoms with E-state index < -0.39 is 5.60 Å². The summed E-state index contributed by atoms with van der Waals surface area (Å²) in [6.07, 6.45) is 11.8. The number of unbranched alkanes of at least 4 members (excludes halogenated alkanes) is 6. The van der Waals surface area contributed by atoms with Gasteiger partial charge < -0.3 is 14.6 Å². The molecule has 0 unspecified atom stereocenters. The first-order valence-electron chi connectivity index (χ1n) is 11.7. The van der Waals surface area contributed by atoms with Gasteiger partial charge in [0, 0.05) is 0 Å². The molecular formula is C25H40O4. The van der Waals surface area contributed by atoms with Gasteiger partial charge in [-0.05, 0) is 56.2 Å². The van der Waals surface area contributed by atoms with E-state index in [1.807, 2.05) is 24.3 Å². The van der Waals surface area contributed by atoms with E-state index in [0.29, 0.717) is 32.3 Å². The monoisotopic (exact) mass is 404 g/mol. The number of rotatable bonds is 13. The first kappa shape index (κ1) is 23.7. The summed E-state index contributed by atoms with van der Waals surface area (Å²) in [6, 6.07) is 7.83. The van der Waals surface area contributed by atoms with Crippen LogP contribution in [0.5, 0.6) is 5.75 Å². The second-order valence-corrected chi connectivity index (χ2v) is 8.47. The van der Waals surface area contributed by atoms with Crippen molar-refractivity contribution >= 4 is 5.97 Å². The predicted octanol–water partition coefficient (Wildman–Crippen LogP) is 6.15. The number of benzene rings is 1. The zero-order valence-electron chi connectivity index (χ0n) is 18.5. The molecule has 1 N–H and O–H groups in total. The van der Waals surface area contributed by atoms with E-state index >= 15 is 0 Å². The number of hydrogen-bond acceptors (Lipinski definition) is 4. The Hall–Kier alpha value is -1.55. The molecule has 4 heteroatoms. The molecule has 1 aromatic rings. The van der Waals surface area contributed by atoms with Gasteiger partial charge in [0.25, 0.3) is 0 Å². The molecule has 0 spiro atoms. The maximum atomic E-state index is 12.3. The fourth-order valence-corrected chi connectivity index (χ4v) is 4.02. The average Bonchev–Trinajstić information content (AvgIpc) is 2.74. The first-order chi connectivity index (χ1) is 14.1. The van der Waals surface area contributed by atoms with E-state index in [4.69, 9.17) is 9.47 Å². The summed E-state index contributed by atoms with van der Waals surface area (Å²) in [4.78, 5) is 12.3. The molecule has 0 saturated heterocycles. The molecule has 0 aromatic heterocycles. The molecule has 1 saturated carbocycles. The summed E-state index contributed by atoms with van der Waals surface area (Å²) in [5.41, 5.74) is 0.0691. The summed E-state index contributed by atoms with van der Waals surface area (Å²) < 4.78 is 11.2. The number of esters is 1. The number of carbonyl (C=O) groups excluding carboxylic acids is 1. The third kappa shape index (κ3) is 8.00. The average molecular weight is 405 g/mol. The number of hydrogen-bond donors (Lipinski definition) is 1. The van der Waals surface area contributed by atoms with Crippen LogP contribution in [0.4, 0.5) is 0 Å². The SMILES string of the molecule is CCCCCCOC(=O)C1CCC(O)(c2ccc(OCCCCCC)cc2)CC1. The van der Waals surface area contributed by atoms with Crippen molar-refractivity contribution in [1.29, 1.82) is 0 Å². The highest BCUT2D eigenvalue weighted by Gasteiger charge is 2.37. The molecule has 0 heterocycles. The van der Waals surface area contributed by atoms with E-state index in [0.717, 1.165) is 37.2 Å². The Labute approximate surface area is 177 Å². The van der Waals surface area contributed by atoms with E-state index in [-0.39, 0.29) is 11.9 Å². The highest BCUT2D eigenvalue weighted by atomic mass is 16.5. The minimum atomic E-state index is -0.850. The third-order valence-corrected chi connectivity index (χ3v) is 6.05. The van der Waals surface area contributed by atoms with Crippen molar-refractivity contribution < 1.29 is 19.4 Å². The molecule has 1 fully saturated rings. The summed E-state index contributed by atoms with van der Waals surface area (Å²) in [5, 5.41) is 11.1. The molecule has 2 rings (SSSR count). The molecule has 0 aliphatic heterocycles. The zero-order valence-corrected chi connectivity index (χ0v) is 18.5. The molecule has 4 nitrogen and oxygen atoms in total. The number of aliphatic hydroxyl groups is 1. The maximum Gasteiger partial charge on any atom is 0.308 e. The van der Waals surface area contributed by atoms with Gasteiger partial charge in [-0.2, -0.15) is 0 Å². The summed E-state index contributed by atoms with van der Waals surface area (Å²) in [6.45, 7) is 5.64. The minimum absolute atomic E-state index is 0.0767. The van der Waals surface area contributed by atoms with Crippen molar-refractivity contribution in [3.05, 3.63) is 29.8 Å². The van der Waals surface area contributed by atoms with Gasteiger partial charge in [-0.3, -0.25) is 4.79 Å². The van der Waals surface area contributed by atoms with Gasteiger partial charge in [-0.1, -0.05) is 64.5 Å². The Bertz CT molecular complexity index is 573. The van der Waals surface area contributed by atoms with Crippen LogP contribution in [0.3, 0.4) is 0 Å². The van der Waals surface area contributed by atoms with Crippen LogP contribution in [-0.2, 0) is 15.1 Å². The summed E-state index contributed by atoms with van der Waals surface area (Å²) in [5.74, 6) is 0.691. The van der Waals surface area contributed by atoms with E-state index in [2.05, 4.69) is 13.8 Å². The Balaban J connectivity index is 1.74. The highest BCUT2D eigenvalue weighted by molar-refractivity contribution is 5.72. The molecule has 0 amide bonds. The van der Waals surface area contributed by atoms with Crippen LogP contribution < -0.4 is 4.74 Å². The van der Waals surface area contributed by atoms with Crippen LogP contribution >= 0.6 is 0 Å². The smallest absolute Gasteiger partial charge is 0.308 e. The highest BCUT2D eigenvalue weighted by Crippen LogP contribution is 2.40. The van der Waals surface area contributed by atoms with Crippen molar-refractivity contribution in [3.8, 4) is 5.75 Å². The van der Waals surface area contributed by atoms with Crippen LogP contribution in [0.15, 0.2) is 24.3 Å². The fraction of sp³-hybridized carbons (Fsp3) is 0.720. The second kappa shape index (κ2) is 12.9. The molecule has 1 aromatic carbocycles. The minimum Gasteiger partial charge on any atom is -0.494 e. The third-order valence-electron chi connectivity index (χ3n) is 6.05. The lowest BCUT2D eigenvalue weighted by Gasteiger charge is -2.35. The van der Waals surface area contributed by atoms with Crippen molar-refractivity contribution in [2.45, 2.75) is 96.5 Å². The van der Waals surface area contributed by atoms with Crippen molar-refractivity contribution in [3.63, 3.8) is 0 Å². The molecule has 29 heavy (non-hydrogen) atoms. The van der Waals surface area contributed by atoms with Crippen molar-refractivity contribution in [2.24, 2.45) is 5.92 Å². The van der Waals surface area contributed by atoms with E-state index in [9.17, 15) is 9.90 Å². The van der Waals surface area contributed by atoms with Crippen LogP contribution in [-0.4, -0.2) is 24.3 Å². The number of ether oxygens (including phenoxy) is 2. The lowest BCUT2D eigenvalue weighted by atomic mass is 9.75. The van der Waals surface area contributed by atoms with Crippen LogP contribution in [0.1, 0.15) is 96.5 Å². The Morgan fingerprint density at radius 2 is 1.52 bits per heavy atom. The lowest BCUT2D eigenvalue weighted by molar-refractivity contribution is -0.152. The van der Waals surface area contributed by atoms with Crippen molar-refractivity contribution in [2.75, 3.05) is 13.2 Å². The molecule has 0 bridgehead atoms. The Morgan fingerprint density at radius 3 is 2.10 bits per heavy atom. The molecule has 164 valence electrons. The summed E-state index contributed by atoms with van der Waals surface area (Å²) >= 11 is 0. The molecule has 1 aliphatic rings. The van der Waals surface area contributed by atoms with Gasteiger partial charge in [0.1, 0.15) is 5.75 Å². The van der Waals surface area contributed by atoms with Gasteiger partial charge in [0.2, 0.25) is 0 Å². The standard InChI is InChI=1S/C25H40O4/c1-3-5-7-9-19-28-23-13-11-22(12-14-23)25(27)17-15-21(16-18-25)24(26)29-20-10-8-6-4-2/h11-14,21,27H,3-10,15-20H2,1-2H3. The lowest BCUT2D eigenvalue weighted by Crippen LogP contribution is -2.34. The van der Waals surface area contributed by atoms with E-state index in [1.54, 1.807) is 0 Å². The zero-order chi connectivity index (χ0) is 21.0. The van der Waals surface area contributed by atoms with Gasteiger partial charge in [0.15, 0.2) is 0 Å². The fourth-order valence-electron chi connectivity index (χ4n) is 4.02. The largest absolute Gasteiger partial charge is 0.494 e. The maximum absolute atomic E-state index is 12.3. The van der Waals surface area contributed by atoms with Crippen LogP contribution in [0, 0.1) is 5.92 Å². The van der Waals surface area contributed by atoms with Gasteiger partial charge in [-0.15, -0.1) is 0 Å². The van der Waals surface area contributed by atoms with Gasteiger partial charge >= 0.3 is 5.97 Å². The quantitative estimate of drug-likeness (QED) is 0.316. The number of carbonyl (C=O) groups is 1. The predicted molar refractivity (Wildman–Crippen MR) is 117 cm³/mol. The topological polar surface area (TPSA) is 55.8 Å². The Morgan fingerprint density at radius 1 is 0.931 bits per heavy atom. The Kier molecular flexibility index (Phi) is 10.5. The van der Waals surface area contributed by atoms with Crippen molar-refractivity contribution in [1.82, 2.24) is 0 Å². The molecule has 1 aliphatic carbocycles. The van der Waals surface area contributed by atoms with E-state index in [1.165, 1.54) is 32.1 Å². The normalized spacial score (nSPS) is 21.7.